The van der Waals surface area contributed by atoms with Gasteiger partial charge in [0.1, 0.15) is 12.1 Å². The van der Waals surface area contributed by atoms with Gasteiger partial charge < -0.3 is 0 Å². The number of carbonyl (C=O) groups is 1. The molecule has 2 nitrogen and oxygen atoms in total. The zero-order valence-electron chi connectivity index (χ0n) is 10.5. The van der Waals surface area contributed by atoms with E-state index >= 15 is 0 Å². The van der Waals surface area contributed by atoms with Crippen molar-refractivity contribution < 1.29 is 9.18 Å². The maximum absolute atomic E-state index is 13.5. The first-order valence-corrected chi connectivity index (χ1v) is 6.48. The summed E-state index contributed by atoms with van der Waals surface area (Å²) in [7, 11) is 0. The smallest absolute Gasteiger partial charge is 0.150 e. The highest BCUT2D eigenvalue weighted by atomic mass is 19.1. The predicted octanol–water partition coefficient (Wildman–Crippen LogP) is 3.50. The van der Waals surface area contributed by atoms with Gasteiger partial charge in [0.15, 0.2) is 0 Å². The van der Waals surface area contributed by atoms with E-state index in [1.54, 1.807) is 12.3 Å². The van der Waals surface area contributed by atoms with Crippen LogP contribution in [0.2, 0.25) is 0 Å². The monoisotopic (exact) mass is 255 g/mol. The second-order valence-electron chi connectivity index (χ2n) is 4.88. The summed E-state index contributed by atoms with van der Waals surface area (Å²) in [5, 5.41) is 0. The Morgan fingerprint density at radius 1 is 1.32 bits per heavy atom. The quantitative estimate of drug-likeness (QED) is 0.769. The first-order chi connectivity index (χ1) is 9.29. The zero-order valence-corrected chi connectivity index (χ0v) is 10.5. The van der Waals surface area contributed by atoms with Crippen LogP contribution in [0, 0.1) is 5.82 Å². The van der Waals surface area contributed by atoms with Gasteiger partial charge in [-0.05, 0) is 54.7 Å². The molecule has 1 unspecified atom stereocenters. The third-order valence-corrected chi connectivity index (χ3v) is 3.75. The van der Waals surface area contributed by atoms with Crippen LogP contribution in [0.5, 0.6) is 0 Å². The number of hydrogen-bond acceptors (Lipinski definition) is 2. The molecule has 0 fully saturated rings. The average Bonchev–Trinajstić information content (AvgIpc) is 2.46. The third kappa shape index (κ3) is 2.16. The molecule has 0 N–H and O–H groups in total. The number of halogens is 1. The highest BCUT2D eigenvalue weighted by Crippen LogP contribution is 2.36. The molecule has 0 saturated heterocycles. The lowest BCUT2D eigenvalue weighted by atomic mass is 9.80. The van der Waals surface area contributed by atoms with Crippen LogP contribution >= 0.6 is 0 Å². The molecule has 2 aromatic rings. The van der Waals surface area contributed by atoms with Gasteiger partial charge in [0.2, 0.25) is 0 Å². The molecule has 0 radical (unpaired) electrons. The minimum absolute atomic E-state index is 0.0286. The molecule has 1 aromatic carbocycles. The molecule has 19 heavy (non-hydrogen) atoms. The van der Waals surface area contributed by atoms with Gasteiger partial charge in [0, 0.05) is 17.7 Å². The van der Waals surface area contributed by atoms with E-state index in [1.165, 1.54) is 17.7 Å². The van der Waals surface area contributed by atoms with Gasteiger partial charge in [-0.15, -0.1) is 0 Å². The normalized spacial score (nSPS) is 17.8. The number of pyridine rings is 1. The van der Waals surface area contributed by atoms with Crippen molar-refractivity contribution in [2.75, 3.05) is 0 Å². The summed E-state index contributed by atoms with van der Waals surface area (Å²) < 4.78 is 13.5. The molecule has 1 aliphatic rings. The minimum atomic E-state index is -0.302. The molecule has 0 saturated carbocycles. The van der Waals surface area contributed by atoms with Gasteiger partial charge in [-0.25, -0.2) is 4.39 Å². The van der Waals surface area contributed by atoms with E-state index < -0.39 is 0 Å². The van der Waals surface area contributed by atoms with Gasteiger partial charge in [-0.1, -0.05) is 6.07 Å². The van der Waals surface area contributed by atoms with Gasteiger partial charge in [-0.3, -0.25) is 9.78 Å². The van der Waals surface area contributed by atoms with Crippen molar-refractivity contribution in [3.05, 3.63) is 64.7 Å². The molecule has 0 spiro atoms. The highest BCUT2D eigenvalue weighted by Gasteiger charge is 2.25. The first-order valence-electron chi connectivity index (χ1n) is 6.48. The van der Waals surface area contributed by atoms with Crippen molar-refractivity contribution in [1.82, 2.24) is 4.98 Å². The van der Waals surface area contributed by atoms with E-state index in [0.29, 0.717) is 5.56 Å². The van der Waals surface area contributed by atoms with Crippen molar-refractivity contribution in [3.8, 4) is 0 Å². The maximum Gasteiger partial charge on any atom is 0.150 e. The number of aldehydes is 1. The lowest BCUT2D eigenvalue weighted by Gasteiger charge is -2.25. The number of nitrogens with zero attached hydrogens (tertiary/aromatic N) is 1. The summed E-state index contributed by atoms with van der Waals surface area (Å²) in [5.74, 6) is -0.274. The molecule has 0 amide bonds. The van der Waals surface area contributed by atoms with Crippen LogP contribution in [0.25, 0.3) is 0 Å². The lowest BCUT2D eigenvalue weighted by Crippen LogP contribution is -2.14. The average molecular weight is 255 g/mol. The molecule has 1 atom stereocenters. The maximum atomic E-state index is 13.5. The Morgan fingerprint density at radius 3 is 3.05 bits per heavy atom. The summed E-state index contributed by atoms with van der Waals surface area (Å²) in [6.45, 7) is 0. The van der Waals surface area contributed by atoms with E-state index in [2.05, 4.69) is 11.1 Å². The SMILES string of the molecule is O=Cc1ccc(F)cc1C1CCCc2cccnc21. The molecular weight excluding hydrogens is 241 g/mol. The van der Waals surface area contributed by atoms with Crippen LogP contribution < -0.4 is 0 Å². The number of carbonyl (C=O) groups excluding carboxylic acids is 1. The second kappa shape index (κ2) is 4.92. The Balaban J connectivity index is 2.13. The minimum Gasteiger partial charge on any atom is -0.298 e. The fraction of sp³-hybridized carbons (Fsp3) is 0.250. The highest BCUT2D eigenvalue weighted by molar-refractivity contribution is 5.78. The van der Waals surface area contributed by atoms with Crippen LogP contribution in [-0.4, -0.2) is 11.3 Å². The number of fused-ring (bicyclic) bond motifs is 1. The standard InChI is InChI=1S/C16H14FNO/c17-13-7-6-12(10-19)15(9-13)14-5-1-3-11-4-2-8-18-16(11)14/h2,4,6-10,14H,1,3,5H2. The fourth-order valence-corrected chi connectivity index (χ4v) is 2.87. The number of hydrogen-bond donors (Lipinski definition) is 0. The number of benzene rings is 1. The molecular formula is C16H14FNO. The molecule has 1 aromatic heterocycles. The van der Waals surface area contributed by atoms with Crippen LogP contribution in [0.1, 0.15) is 45.9 Å². The zero-order chi connectivity index (χ0) is 13.2. The Labute approximate surface area is 111 Å². The van der Waals surface area contributed by atoms with Gasteiger partial charge in [0.25, 0.3) is 0 Å². The molecule has 0 bridgehead atoms. The molecule has 0 aliphatic heterocycles. The third-order valence-electron chi connectivity index (χ3n) is 3.75. The van der Waals surface area contributed by atoms with Crippen molar-refractivity contribution in [3.63, 3.8) is 0 Å². The molecule has 3 rings (SSSR count). The fourth-order valence-electron chi connectivity index (χ4n) is 2.87. The lowest BCUT2D eigenvalue weighted by molar-refractivity contribution is 0.112. The molecule has 1 aliphatic carbocycles. The summed E-state index contributed by atoms with van der Waals surface area (Å²) in [5.41, 5.74) is 3.52. The Bertz CT molecular complexity index is 624. The number of rotatable bonds is 2. The Hall–Kier alpha value is -2.03. The van der Waals surface area contributed by atoms with Gasteiger partial charge in [-0.2, -0.15) is 0 Å². The van der Waals surface area contributed by atoms with Crippen molar-refractivity contribution in [2.45, 2.75) is 25.2 Å². The summed E-state index contributed by atoms with van der Waals surface area (Å²) in [6, 6.07) is 8.34. The van der Waals surface area contributed by atoms with Crippen LogP contribution in [0.3, 0.4) is 0 Å². The predicted molar refractivity (Wildman–Crippen MR) is 70.8 cm³/mol. The van der Waals surface area contributed by atoms with Crippen LogP contribution in [0.15, 0.2) is 36.5 Å². The first kappa shape index (κ1) is 12.0. The number of aromatic nitrogens is 1. The van der Waals surface area contributed by atoms with E-state index in [9.17, 15) is 9.18 Å². The van der Waals surface area contributed by atoms with E-state index in [-0.39, 0.29) is 11.7 Å². The molecule has 3 heteroatoms. The van der Waals surface area contributed by atoms with Crippen molar-refractivity contribution >= 4 is 6.29 Å². The van der Waals surface area contributed by atoms with E-state index in [0.717, 1.165) is 36.8 Å². The van der Waals surface area contributed by atoms with E-state index in [4.69, 9.17) is 0 Å². The molecule has 96 valence electrons. The number of aryl methyl sites for hydroxylation is 1. The topological polar surface area (TPSA) is 30.0 Å². The molecule has 1 heterocycles. The summed E-state index contributed by atoms with van der Waals surface area (Å²) in [6.07, 6.45) is 5.51. The Morgan fingerprint density at radius 2 is 2.21 bits per heavy atom. The van der Waals surface area contributed by atoms with Crippen LogP contribution in [0.4, 0.5) is 4.39 Å². The van der Waals surface area contributed by atoms with E-state index in [1.807, 2.05) is 6.07 Å². The Kier molecular flexibility index (Phi) is 3.11. The van der Waals surface area contributed by atoms with Gasteiger partial charge in [0.05, 0.1) is 5.69 Å². The summed E-state index contributed by atoms with van der Waals surface area (Å²) in [4.78, 5) is 15.6. The van der Waals surface area contributed by atoms with Crippen molar-refractivity contribution in [1.29, 1.82) is 0 Å². The largest absolute Gasteiger partial charge is 0.298 e. The van der Waals surface area contributed by atoms with Crippen molar-refractivity contribution in [2.24, 2.45) is 0 Å². The summed E-state index contributed by atoms with van der Waals surface area (Å²) >= 11 is 0. The van der Waals surface area contributed by atoms with Crippen LogP contribution in [-0.2, 0) is 6.42 Å². The second-order valence-corrected chi connectivity index (χ2v) is 4.88. The van der Waals surface area contributed by atoms with Gasteiger partial charge >= 0.3 is 0 Å².